The van der Waals surface area contributed by atoms with Gasteiger partial charge >= 0.3 is 0 Å². The van der Waals surface area contributed by atoms with Crippen molar-refractivity contribution in [1.82, 2.24) is 15.1 Å². The maximum Gasteiger partial charge on any atom is 0.222 e. The highest BCUT2D eigenvalue weighted by Crippen LogP contribution is 2.20. The summed E-state index contributed by atoms with van der Waals surface area (Å²) < 4.78 is 7.06. The first-order valence-electron chi connectivity index (χ1n) is 8.01. The van der Waals surface area contributed by atoms with Crippen LogP contribution in [0.15, 0.2) is 54.7 Å². The summed E-state index contributed by atoms with van der Waals surface area (Å²) in [5.74, 6) is 0.819. The molecular weight excluding hydrogens is 302 g/mol. The maximum atomic E-state index is 12.2. The molecule has 1 unspecified atom stereocenters. The topological polar surface area (TPSA) is 56.2 Å². The molecule has 1 heterocycles. The number of carbonyl (C=O) groups excluding carboxylic acids is 1. The molecule has 0 fully saturated rings. The minimum Gasteiger partial charge on any atom is -0.497 e. The highest BCUT2D eigenvalue weighted by atomic mass is 16.5. The minimum atomic E-state index is -0.00248. The summed E-state index contributed by atoms with van der Waals surface area (Å²) in [6, 6.07) is 15.7. The van der Waals surface area contributed by atoms with Crippen molar-refractivity contribution < 1.29 is 9.53 Å². The molecule has 0 bridgehead atoms. The van der Waals surface area contributed by atoms with Crippen LogP contribution < -0.4 is 10.1 Å². The van der Waals surface area contributed by atoms with Gasteiger partial charge < -0.3 is 10.1 Å². The summed E-state index contributed by atoms with van der Waals surface area (Å²) in [5.41, 5.74) is 2.10. The van der Waals surface area contributed by atoms with E-state index in [4.69, 9.17) is 4.74 Å². The van der Waals surface area contributed by atoms with Crippen LogP contribution in [0.3, 0.4) is 0 Å². The van der Waals surface area contributed by atoms with Crippen LogP contribution in [0.2, 0.25) is 0 Å². The van der Waals surface area contributed by atoms with Crippen molar-refractivity contribution in [2.75, 3.05) is 7.11 Å². The van der Waals surface area contributed by atoms with Crippen LogP contribution in [0, 0.1) is 0 Å². The van der Waals surface area contributed by atoms with Gasteiger partial charge in [0.2, 0.25) is 5.91 Å². The second-order valence-corrected chi connectivity index (χ2v) is 5.74. The molecule has 5 nitrogen and oxygen atoms in total. The number of nitrogens with zero attached hydrogens (tertiary/aromatic N) is 2. The van der Waals surface area contributed by atoms with Gasteiger partial charge in [-0.2, -0.15) is 5.10 Å². The van der Waals surface area contributed by atoms with Gasteiger partial charge in [0, 0.05) is 11.8 Å². The fourth-order valence-electron chi connectivity index (χ4n) is 2.72. The lowest BCUT2D eigenvalue weighted by molar-refractivity contribution is -0.122. The van der Waals surface area contributed by atoms with Crippen molar-refractivity contribution in [2.24, 2.45) is 0 Å². The molecule has 3 aromatic rings. The number of ether oxygens (including phenoxy) is 1. The van der Waals surface area contributed by atoms with Gasteiger partial charge in [0.25, 0.3) is 0 Å². The lowest BCUT2D eigenvalue weighted by Crippen LogP contribution is -2.27. The Morgan fingerprint density at radius 2 is 2.04 bits per heavy atom. The highest BCUT2D eigenvalue weighted by Gasteiger charge is 2.10. The number of nitrogens with one attached hydrogen (secondary N) is 1. The van der Waals surface area contributed by atoms with Gasteiger partial charge in [-0.3, -0.25) is 9.48 Å². The molecule has 1 amide bonds. The Morgan fingerprint density at radius 3 is 2.79 bits per heavy atom. The molecular formula is C19H21N3O2. The number of fused-ring (bicyclic) bond motifs is 1. The lowest BCUT2D eigenvalue weighted by atomic mass is 10.1. The van der Waals surface area contributed by atoms with Crippen molar-refractivity contribution in [3.63, 3.8) is 0 Å². The number of hydrogen-bond donors (Lipinski definition) is 1. The van der Waals surface area contributed by atoms with Crippen molar-refractivity contribution in [3.8, 4) is 5.75 Å². The molecule has 0 saturated carbocycles. The lowest BCUT2D eigenvalue weighted by Gasteiger charge is -2.14. The summed E-state index contributed by atoms with van der Waals surface area (Å²) in [7, 11) is 1.64. The van der Waals surface area contributed by atoms with Crippen LogP contribution >= 0.6 is 0 Å². The zero-order chi connectivity index (χ0) is 16.9. The van der Waals surface area contributed by atoms with E-state index in [9.17, 15) is 4.79 Å². The molecule has 5 heteroatoms. The first-order chi connectivity index (χ1) is 11.7. The van der Waals surface area contributed by atoms with Crippen molar-refractivity contribution in [2.45, 2.75) is 25.9 Å². The fourth-order valence-corrected chi connectivity index (χ4v) is 2.72. The van der Waals surface area contributed by atoms with E-state index in [1.165, 1.54) is 0 Å². The third kappa shape index (κ3) is 3.56. The van der Waals surface area contributed by atoms with Crippen LogP contribution in [0.4, 0.5) is 0 Å². The Hall–Kier alpha value is -2.82. The van der Waals surface area contributed by atoms with Gasteiger partial charge in [0.15, 0.2) is 0 Å². The number of aromatic nitrogens is 2. The molecule has 0 aliphatic carbocycles. The van der Waals surface area contributed by atoms with E-state index in [2.05, 4.69) is 10.4 Å². The Morgan fingerprint density at radius 1 is 1.25 bits per heavy atom. The molecule has 1 aromatic heterocycles. The molecule has 0 radical (unpaired) electrons. The van der Waals surface area contributed by atoms with E-state index in [1.807, 2.05) is 60.1 Å². The summed E-state index contributed by atoms with van der Waals surface area (Å²) in [5, 5.41) is 8.39. The van der Waals surface area contributed by atoms with Gasteiger partial charge in [-0.05, 0) is 30.7 Å². The summed E-state index contributed by atoms with van der Waals surface area (Å²) in [6.45, 7) is 2.53. The van der Waals surface area contributed by atoms with E-state index in [1.54, 1.807) is 13.3 Å². The number of aryl methyl sites for hydroxylation is 1. The third-order valence-electron chi connectivity index (χ3n) is 4.08. The average Bonchev–Trinajstić information content (AvgIpc) is 3.02. The van der Waals surface area contributed by atoms with Gasteiger partial charge in [0.1, 0.15) is 5.75 Å². The van der Waals surface area contributed by atoms with Crippen LogP contribution in [-0.4, -0.2) is 22.8 Å². The number of amides is 1. The van der Waals surface area contributed by atoms with Crippen LogP contribution in [0.25, 0.3) is 10.9 Å². The number of hydrogen-bond acceptors (Lipinski definition) is 3. The molecule has 0 saturated heterocycles. The Balaban J connectivity index is 1.60. The number of rotatable bonds is 6. The smallest absolute Gasteiger partial charge is 0.222 e. The van der Waals surface area contributed by atoms with E-state index in [0.29, 0.717) is 13.0 Å². The van der Waals surface area contributed by atoms with Gasteiger partial charge in [-0.15, -0.1) is 0 Å². The largest absolute Gasteiger partial charge is 0.497 e. The van der Waals surface area contributed by atoms with Crippen LogP contribution in [0.1, 0.15) is 24.9 Å². The quantitative estimate of drug-likeness (QED) is 0.757. The molecule has 2 aromatic carbocycles. The van der Waals surface area contributed by atoms with E-state index in [-0.39, 0.29) is 11.9 Å². The summed E-state index contributed by atoms with van der Waals surface area (Å²) >= 11 is 0. The molecule has 1 atom stereocenters. The van der Waals surface area contributed by atoms with Gasteiger partial charge in [-0.25, -0.2) is 0 Å². The predicted octanol–water partition coefficient (Wildman–Crippen LogP) is 3.31. The van der Waals surface area contributed by atoms with Gasteiger partial charge in [-0.1, -0.05) is 30.3 Å². The number of benzene rings is 2. The minimum absolute atomic E-state index is 0.00248. The first kappa shape index (κ1) is 16.1. The standard InChI is InChI=1S/C19H21N3O2/c1-14(15-6-4-3-5-7-15)21-19(23)10-11-22-18-9-8-17(24-2)12-16(18)13-20-22/h3-9,12-14H,10-11H2,1-2H3,(H,21,23). The SMILES string of the molecule is COc1ccc2c(cnn2CCC(=O)NC(C)c2ccccc2)c1. The zero-order valence-electron chi connectivity index (χ0n) is 13.9. The second kappa shape index (κ2) is 7.17. The molecule has 3 rings (SSSR count). The monoisotopic (exact) mass is 323 g/mol. The first-order valence-corrected chi connectivity index (χ1v) is 8.01. The second-order valence-electron chi connectivity index (χ2n) is 5.74. The normalized spacial score (nSPS) is 12.1. The molecule has 0 aliphatic rings. The summed E-state index contributed by atoms with van der Waals surface area (Å²) in [4.78, 5) is 12.2. The highest BCUT2D eigenvalue weighted by molar-refractivity contribution is 5.81. The Labute approximate surface area is 141 Å². The van der Waals surface area contributed by atoms with Crippen molar-refractivity contribution >= 4 is 16.8 Å². The van der Waals surface area contributed by atoms with E-state index < -0.39 is 0 Å². The number of methoxy groups -OCH3 is 1. The fraction of sp³-hybridized carbons (Fsp3) is 0.263. The van der Waals surface area contributed by atoms with Crippen molar-refractivity contribution in [3.05, 3.63) is 60.3 Å². The molecule has 0 spiro atoms. The van der Waals surface area contributed by atoms with E-state index in [0.717, 1.165) is 22.2 Å². The molecule has 0 aliphatic heterocycles. The molecule has 24 heavy (non-hydrogen) atoms. The van der Waals surface area contributed by atoms with Crippen LogP contribution in [-0.2, 0) is 11.3 Å². The summed E-state index contributed by atoms with van der Waals surface area (Å²) in [6.07, 6.45) is 2.18. The maximum absolute atomic E-state index is 12.2. The van der Waals surface area contributed by atoms with Crippen molar-refractivity contribution in [1.29, 1.82) is 0 Å². The molecule has 124 valence electrons. The average molecular weight is 323 g/mol. The predicted molar refractivity (Wildman–Crippen MR) is 93.9 cm³/mol. The number of carbonyl (C=O) groups is 1. The van der Waals surface area contributed by atoms with Crippen LogP contribution in [0.5, 0.6) is 5.75 Å². The Kier molecular flexibility index (Phi) is 4.79. The van der Waals surface area contributed by atoms with Gasteiger partial charge in [0.05, 0.1) is 31.4 Å². The Bertz CT molecular complexity index is 827. The third-order valence-corrected chi connectivity index (χ3v) is 4.08. The molecule has 1 N–H and O–H groups in total. The van der Waals surface area contributed by atoms with E-state index >= 15 is 0 Å². The zero-order valence-corrected chi connectivity index (χ0v) is 13.9.